The van der Waals surface area contributed by atoms with Gasteiger partial charge in [-0.3, -0.25) is 38.7 Å². The van der Waals surface area contributed by atoms with Crippen LogP contribution in [0.4, 0.5) is 0 Å². The number of pyridine rings is 2. The van der Waals surface area contributed by atoms with Crippen LogP contribution in [0.2, 0.25) is 0 Å². The van der Waals surface area contributed by atoms with Gasteiger partial charge in [-0.15, -0.1) is 0 Å². The number of carbonyl (C=O) groups excluding carboxylic acids is 6. The first-order valence-corrected chi connectivity index (χ1v) is 17.2. The van der Waals surface area contributed by atoms with Crippen LogP contribution in [0.1, 0.15) is 72.6 Å². The fourth-order valence-corrected chi connectivity index (χ4v) is 6.08. The molecule has 0 saturated carbocycles. The Kier molecular flexibility index (Phi) is 13.5. The number of nitrogens with zero attached hydrogens (tertiary/aromatic N) is 2. The fraction of sp³-hybridized carbons (Fsp3) is 0.350. The second-order valence-corrected chi connectivity index (χ2v) is 13.2. The number of Topliss-reactive ketones (excluding diaryl/α,β-unsaturated/α-hetero) is 2. The Bertz CT molecular complexity index is 1740. The van der Waals surface area contributed by atoms with E-state index < -0.39 is 47.2 Å². The lowest BCUT2D eigenvalue weighted by molar-refractivity contribution is -0.148. The number of fused-ring (bicyclic) bond motifs is 2. The summed E-state index contributed by atoms with van der Waals surface area (Å²) in [5, 5.41) is 5.12. The zero-order valence-corrected chi connectivity index (χ0v) is 29.9. The van der Waals surface area contributed by atoms with E-state index in [1.807, 2.05) is 27.7 Å². The largest absolute Gasteiger partial charge is 0.463 e. The number of aromatic nitrogens is 2. The number of carbonyl (C=O) groups is 6. The number of hydrogen-bond acceptors (Lipinski definition) is 10. The molecule has 52 heavy (non-hydrogen) atoms. The Balaban J connectivity index is 1.87. The zero-order valence-electron chi connectivity index (χ0n) is 29.9. The monoisotopic (exact) mass is 708 g/mol. The Morgan fingerprint density at radius 2 is 1.08 bits per heavy atom. The van der Waals surface area contributed by atoms with Crippen LogP contribution in [0, 0.1) is 23.7 Å². The normalized spacial score (nSPS) is 16.1. The first kappa shape index (κ1) is 39.0. The molecule has 0 fully saturated rings. The van der Waals surface area contributed by atoms with Crippen molar-refractivity contribution < 1.29 is 38.2 Å². The molecule has 272 valence electrons. The molecule has 0 radical (unpaired) electrons. The number of ether oxygens (including phenoxy) is 2. The van der Waals surface area contributed by atoms with Crippen LogP contribution >= 0.6 is 0 Å². The van der Waals surface area contributed by atoms with E-state index in [4.69, 9.17) is 9.47 Å². The third-order valence-electron chi connectivity index (χ3n) is 8.44. The summed E-state index contributed by atoms with van der Waals surface area (Å²) in [6.07, 6.45) is 9.08. The van der Waals surface area contributed by atoms with E-state index in [1.54, 1.807) is 36.4 Å². The van der Waals surface area contributed by atoms with Crippen LogP contribution in [0.3, 0.4) is 0 Å². The zero-order chi connectivity index (χ0) is 37.9. The summed E-state index contributed by atoms with van der Waals surface area (Å²) >= 11 is 0. The van der Waals surface area contributed by atoms with Gasteiger partial charge in [-0.1, -0.05) is 53.0 Å². The number of allylic oxidation sites excluding steroid dienone is 4. The molecule has 2 amide bonds. The maximum absolute atomic E-state index is 14.1. The van der Waals surface area contributed by atoms with Crippen LogP contribution in [0.25, 0.3) is 11.1 Å². The third-order valence-corrected chi connectivity index (χ3v) is 8.44. The molecule has 2 aromatic rings. The van der Waals surface area contributed by atoms with Crippen molar-refractivity contribution in [2.24, 2.45) is 23.7 Å². The van der Waals surface area contributed by atoms with E-state index in [2.05, 4.69) is 33.8 Å². The molecule has 2 heterocycles. The quantitative estimate of drug-likeness (QED) is 0.142. The van der Waals surface area contributed by atoms with Crippen molar-refractivity contribution in [1.29, 1.82) is 0 Å². The number of nitrogens with one attached hydrogen (secondary N) is 2. The molecule has 2 atom stereocenters. The SMILES string of the molecule is C=CC(=O)NCCOC(=O)C(CC(C)C)C1=C/C(=C2/C=C(C(CC(C)C)C(=O)OCCNC(=O)C=C)C(=O)c3ncccc32)c2cccnc2C1=O. The van der Waals surface area contributed by atoms with Crippen LogP contribution < -0.4 is 10.6 Å². The lowest BCUT2D eigenvalue weighted by atomic mass is 9.75. The van der Waals surface area contributed by atoms with Gasteiger partial charge in [0.15, 0.2) is 0 Å². The van der Waals surface area contributed by atoms with Gasteiger partial charge in [0.05, 0.1) is 24.9 Å². The number of amides is 2. The summed E-state index contributed by atoms with van der Waals surface area (Å²) < 4.78 is 11.1. The molecule has 12 heteroatoms. The van der Waals surface area contributed by atoms with Crippen molar-refractivity contribution in [2.75, 3.05) is 26.3 Å². The predicted octanol–water partition coefficient (Wildman–Crippen LogP) is 4.65. The second-order valence-electron chi connectivity index (χ2n) is 13.2. The minimum Gasteiger partial charge on any atom is -0.463 e. The topological polar surface area (TPSA) is 171 Å². The lowest BCUT2D eigenvalue weighted by Gasteiger charge is -2.28. The van der Waals surface area contributed by atoms with E-state index in [0.717, 1.165) is 12.2 Å². The highest BCUT2D eigenvalue weighted by atomic mass is 16.5. The molecular weight excluding hydrogens is 664 g/mol. The van der Waals surface area contributed by atoms with Gasteiger partial charge in [-0.05, 0) is 72.3 Å². The number of ketones is 2. The third kappa shape index (κ3) is 9.30. The molecule has 2 aliphatic rings. The molecular formula is C40H44N4O8. The minimum atomic E-state index is -0.972. The van der Waals surface area contributed by atoms with Gasteiger partial charge in [-0.2, -0.15) is 0 Å². The number of rotatable bonds is 16. The molecule has 2 N–H and O–H groups in total. The maximum atomic E-state index is 14.1. The van der Waals surface area contributed by atoms with Crippen molar-refractivity contribution in [3.63, 3.8) is 0 Å². The lowest BCUT2D eigenvalue weighted by Crippen LogP contribution is -2.32. The number of hydrogen-bond donors (Lipinski definition) is 2. The summed E-state index contributed by atoms with van der Waals surface area (Å²) in [6, 6.07) is 6.86. The molecule has 0 aromatic carbocycles. The summed E-state index contributed by atoms with van der Waals surface area (Å²) in [7, 11) is 0. The van der Waals surface area contributed by atoms with Crippen molar-refractivity contribution in [3.8, 4) is 0 Å². The number of esters is 2. The van der Waals surface area contributed by atoms with Gasteiger partial charge >= 0.3 is 11.9 Å². The van der Waals surface area contributed by atoms with E-state index >= 15 is 0 Å². The van der Waals surface area contributed by atoms with E-state index in [0.29, 0.717) is 22.3 Å². The molecule has 4 rings (SSSR count). The van der Waals surface area contributed by atoms with Crippen molar-refractivity contribution in [2.45, 2.75) is 40.5 Å². The standard InChI is InChI=1S/C40H44N4O8/c1-7-33(45)41-15-17-51-39(49)31(19-23(3)4)29-21-27(25-11-9-13-43-35(25)37(29)47)28-22-30(38(48)36-26(28)12-10-14-44-36)32(20-24(5)6)40(50)52-18-16-42-34(46)8-2/h7-14,21-24,31-32H,1-2,15-20H2,3-6H3,(H,41,45)(H,42,46)/b28-27+. The molecule has 0 aliphatic heterocycles. The van der Waals surface area contributed by atoms with Crippen LogP contribution in [0.15, 0.2) is 85.3 Å². The average Bonchev–Trinajstić information content (AvgIpc) is 3.13. The molecule has 0 spiro atoms. The fourth-order valence-electron chi connectivity index (χ4n) is 6.08. The Morgan fingerprint density at radius 1 is 0.692 bits per heavy atom. The maximum Gasteiger partial charge on any atom is 0.313 e. The van der Waals surface area contributed by atoms with Crippen molar-refractivity contribution >= 4 is 46.5 Å². The summed E-state index contributed by atoms with van der Waals surface area (Å²) in [5.41, 5.74) is 2.57. The van der Waals surface area contributed by atoms with Gasteiger partial charge in [0.25, 0.3) is 0 Å². The first-order valence-electron chi connectivity index (χ1n) is 17.2. The van der Waals surface area contributed by atoms with Gasteiger partial charge in [0, 0.05) is 34.7 Å². The Hall–Kier alpha value is -5.78. The smallest absolute Gasteiger partial charge is 0.313 e. The molecule has 2 aliphatic carbocycles. The molecule has 0 saturated heterocycles. The molecule has 0 bridgehead atoms. The van der Waals surface area contributed by atoms with E-state index in [-0.39, 0.29) is 73.5 Å². The molecule has 12 nitrogen and oxygen atoms in total. The summed E-state index contributed by atoms with van der Waals surface area (Å²) in [4.78, 5) is 87.4. The van der Waals surface area contributed by atoms with E-state index in [1.165, 1.54) is 12.4 Å². The Morgan fingerprint density at radius 3 is 1.42 bits per heavy atom. The van der Waals surface area contributed by atoms with E-state index in [9.17, 15) is 28.8 Å². The highest BCUT2D eigenvalue weighted by molar-refractivity contribution is 6.23. The predicted molar refractivity (Wildman–Crippen MR) is 194 cm³/mol. The van der Waals surface area contributed by atoms with Crippen molar-refractivity contribution in [3.05, 3.63) is 108 Å². The highest BCUT2D eigenvalue weighted by Gasteiger charge is 2.39. The Labute approximate surface area is 303 Å². The molecule has 2 aromatic heterocycles. The summed E-state index contributed by atoms with van der Waals surface area (Å²) in [5.74, 6) is -4.92. The van der Waals surface area contributed by atoms with Crippen molar-refractivity contribution in [1.82, 2.24) is 20.6 Å². The summed E-state index contributed by atoms with van der Waals surface area (Å²) in [6.45, 7) is 14.4. The van der Waals surface area contributed by atoms with Crippen LogP contribution in [0.5, 0.6) is 0 Å². The van der Waals surface area contributed by atoms with Crippen LogP contribution in [-0.4, -0.2) is 71.6 Å². The van der Waals surface area contributed by atoms with Gasteiger partial charge in [-0.25, -0.2) is 0 Å². The second kappa shape index (κ2) is 17.9. The minimum absolute atomic E-state index is 0.00965. The first-order chi connectivity index (χ1) is 24.9. The van der Waals surface area contributed by atoms with Gasteiger partial charge < -0.3 is 20.1 Å². The van der Waals surface area contributed by atoms with Gasteiger partial charge in [0.2, 0.25) is 23.4 Å². The average molecular weight is 709 g/mol. The highest BCUT2D eigenvalue weighted by Crippen LogP contribution is 2.42. The van der Waals surface area contributed by atoms with Crippen LogP contribution in [-0.2, 0) is 28.7 Å². The van der Waals surface area contributed by atoms with Gasteiger partial charge in [0.1, 0.15) is 24.6 Å². The molecule has 2 unspecified atom stereocenters.